The molecule has 3 aliphatic rings. The molecule has 0 spiro atoms. The SMILES string of the molecule is CC1(C)[C@H]2CC[C@@]1(CS(=O)(=O)N1CCOCC1)C(=O)C2. The molecular weight excluding hydrogens is 278 g/mol. The Labute approximate surface area is 120 Å². The third kappa shape index (κ3) is 1.88. The van der Waals surface area contributed by atoms with Crippen molar-refractivity contribution >= 4 is 15.8 Å². The van der Waals surface area contributed by atoms with Crippen molar-refractivity contribution in [2.24, 2.45) is 16.7 Å². The second kappa shape index (κ2) is 4.52. The molecule has 2 bridgehead atoms. The smallest absolute Gasteiger partial charge is 0.215 e. The molecule has 6 heteroatoms. The molecule has 1 heterocycles. The van der Waals surface area contributed by atoms with Gasteiger partial charge in [0.1, 0.15) is 5.78 Å². The lowest BCUT2D eigenvalue weighted by atomic mass is 9.70. The predicted molar refractivity (Wildman–Crippen MR) is 74.7 cm³/mol. The van der Waals surface area contributed by atoms with Crippen molar-refractivity contribution in [3.8, 4) is 0 Å². The second-order valence-electron chi connectivity index (χ2n) is 6.93. The Kier molecular flexibility index (Phi) is 3.27. The van der Waals surface area contributed by atoms with Crippen LogP contribution in [0.2, 0.25) is 0 Å². The van der Waals surface area contributed by atoms with Crippen molar-refractivity contribution < 1.29 is 17.9 Å². The van der Waals surface area contributed by atoms with Crippen molar-refractivity contribution in [2.75, 3.05) is 32.1 Å². The minimum absolute atomic E-state index is 0.0116. The van der Waals surface area contributed by atoms with Crippen LogP contribution in [-0.2, 0) is 19.6 Å². The lowest BCUT2D eigenvalue weighted by Gasteiger charge is -2.38. The van der Waals surface area contributed by atoms with E-state index in [1.165, 1.54) is 4.31 Å². The third-order valence-corrected chi connectivity index (χ3v) is 7.94. The largest absolute Gasteiger partial charge is 0.379 e. The van der Waals surface area contributed by atoms with Crippen molar-refractivity contribution in [1.82, 2.24) is 4.31 Å². The van der Waals surface area contributed by atoms with Crippen LogP contribution in [0.3, 0.4) is 0 Å². The van der Waals surface area contributed by atoms with Gasteiger partial charge < -0.3 is 4.74 Å². The summed E-state index contributed by atoms with van der Waals surface area (Å²) >= 11 is 0. The van der Waals surface area contributed by atoms with E-state index in [-0.39, 0.29) is 17.0 Å². The summed E-state index contributed by atoms with van der Waals surface area (Å²) in [6, 6.07) is 0. The minimum atomic E-state index is -3.38. The van der Waals surface area contributed by atoms with Gasteiger partial charge in [0.25, 0.3) is 0 Å². The van der Waals surface area contributed by atoms with E-state index in [0.717, 1.165) is 12.8 Å². The zero-order valence-corrected chi connectivity index (χ0v) is 13.0. The summed E-state index contributed by atoms with van der Waals surface area (Å²) in [7, 11) is -3.38. The molecule has 0 unspecified atom stereocenters. The molecule has 0 aromatic carbocycles. The van der Waals surface area contributed by atoms with Gasteiger partial charge in [0.2, 0.25) is 10.0 Å². The Balaban J connectivity index is 1.88. The highest BCUT2D eigenvalue weighted by molar-refractivity contribution is 7.89. The van der Waals surface area contributed by atoms with E-state index in [9.17, 15) is 13.2 Å². The Hall–Kier alpha value is -0.460. The average molecular weight is 301 g/mol. The van der Waals surface area contributed by atoms with Gasteiger partial charge in [0.15, 0.2) is 0 Å². The van der Waals surface area contributed by atoms with Crippen LogP contribution in [-0.4, -0.2) is 50.6 Å². The molecule has 2 aliphatic carbocycles. The number of hydrogen-bond donors (Lipinski definition) is 0. The van der Waals surface area contributed by atoms with Gasteiger partial charge in [0, 0.05) is 24.9 Å². The van der Waals surface area contributed by atoms with Gasteiger partial charge in [-0.2, -0.15) is 4.31 Å². The average Bonchev–Trinajstić information content (AvgIpc) is 2.73. The van der Waals surface area contributed by atoms with Gasteiger partial charge in [-0.1, -0.05) is 13.8 Å². The molecular formula is C14H23NO4S. The van der Waals surface area contributed by atoms with Gasteiger partial charge in [-0.3, -0.25) is 4.79 Å². The first kappa shape index (κ1) is 14.5. The summed E-state index contributed by atoms with van der Waals surface area (Å²) < 4.78 is 32.1. The predicted octanol–water partition coefficient (Wildman–Crippen LogP) is 1.04. The number of morpholine rings is 1. The van der Waals surface area contributed by atoms with E-state index in [2.05, 4.69) is 13.8 Å². The van der Waals surface area contributed by atoms with Gasteiger partial charge in [-0.05, 0) is 24.2 Å². The number of hydrogen-bond acceptors (Lipinski definition) is 4. The van der Waals surface area contributed by atoms with E-state index >= 15 is 0 Å². The zero-order chi connectivity index (χ0) is 14.6. The summed E-state index contributed by atoms with van der Waals surface area (Å²) in [5.41, 5.74) is -0.849. The first-order valence-electron chi connectivity index (χ1n) is 7.38. The van der Waals surface area contributed by atoms with Crippen LogP contribution in [0.25, 0.3) is 0 Å². The van der Waals surface area contributed by atoms with Crippen molar-refractivity contribution in [3.05, 3.63) is 0 Å². The number of nitrogens with zero attached hydrogens (tertiary/aromatic N) is 1. The van der Waals surface area contributed by atoms with Crippen LogP contribution < -0.4 is 0 Å². The fourth-order valence-electron chi connectivity index (χ4n) is 4.34. The van der Waals surface area contributed by atoms with Gasteiger partial charge in [-0.25, -0.2) is 8.42 Å². The Bertz CT molecular complexity index is 521. The summed E-state index contributed by atoms with van der Waals surface area (Å²) in [4.78, 5) is 12.4. The van der Waals surface area contributed by atoms with E-state index in [4.69, 9.17) is 4.74 Å². The Morgan fingerprint density at radius 1 is 1.30 bits per heavy atom. The molecule has 3 rings (SSSR count). The van der Waals surface area contributed by atoms with Crippen LogP contribution >= 0.6 is 0 Å². The first-order chi connectivity index (χ1) is 9.30. The van der Waals surface area contributed by atoms with Gasteiger partial charge in [0.05, 0.1) is 19.0 Å². The maximum Gasteiger partial charge on any atom is 0.215 e. The zero-order valence-electron chi connectivity index (χ0n) is 12.2. The second-order valence-corrected chi connectivity index (χ2v) is 8.90. The summed E-state index contributed by atoms with van der Waals surface area (Å²) in [5, 5.41) is 0. The fourth-order valence-corrected chi connectivity index (χ4v) is 6.52. The highest BCUT2D eigenvalue weighted by Gasteiger charge is 2.65. The van der Waals surface area contributed by atoms with Crippen molar-refractivity contribution in [3.63, 3.8) is 0 Å². The lowest BCUT2D eigenvalue weighted by Crippen LogP contribution is -2.49. The van der Waals surface area contributed by atoms with Crippen LogP contribution in [0.5, 0.6) is 0 Å². The standard InChI is InChI=1S/C14H23NO4S/c1-13(2)11-3-4-14(13,12(16)9-11)10-20(17,18)15-5-7-19-8-6-15/h11H,3-10H2,1-2H3/t11-,14+/m0/s1. The van der Waals surface area contributed by atoms with E-state index in [1.54, 1.807) is 0 Å². The molecule has 0 radical (unpaired) electrons. The topological polar surface area (TPSA) is 63.7 Å². The Morgan fingerprint density at radius 2 is 1.95 bits per heavy atom. The molecule has 0 N–H and O–H groups in total. The number of Topliss-reactive ketones (excluding diaryl/α,β-unsaturated/α-hetero) is 1. The summed E-state index contributed by atoms with van der Waals surface area (Å²) in [6.07, 6.45) is 2.27. The molecule has 1 saturated heterocycles. The van der Waals surface area contributed by atoms with Crippen LogP contribution in [0.1, 0.15) is 33.1 Å². The highest BCUT2D eigenvalue weighted by atomic mass is 32.2. The molecule has 114 valence electrons. The normalized spacial score (nSPS) is 37.5. The monoisotopic (exact) mass is 301 g/mol. The number of carbonyl (C=O) groups excluding carboxylic acids is 1. The van der Waals surface area contributed by atoms with Crippen molar-refractivity contribution in [2.45, 2.75) is 33.1 Å². The van der Waals surface area contributed by atoms with Gasteiger partial charge >= 0.3 is 0 Å². The summed E-state index contributed by atoms with van der Waals surface area (Å²) in [5.74, 6) is 0.507. The number of ether oxygens (including phenoxy) is 1. The van der Waals surface area contributed by atoms with Crippen LogP contribution in [0.4, 0.5) is 0 Å². The molecule has 3 fully saturated rings. The molecule has 0 aromatic rings. The lowest BCUT2D eigenvalue weighted by molar-refractivity contribution is -0.128. The fraction of sp³-hybridized carbons (Fsp3) is 0.929. The molecule has 0 amide bonds. The third-order valence-electron chi connectivity index (χ3n) is 5.93. The number of ketones is 1. The van der Waals surface area contributed by atoms with Crippen LogP contribution in [0, 0.1) is 16.7 Å². The maximum atomic E-state index is 12.7. The number of fused-ring (bicyclic) bond motifs is 2. The quantitative estimate of drug-likeness (QED) is 0.781. The number of carbonyl (C=O) groups is 1. The number of rotatable bonds is 3. The van der Waals surface area contributed by atoms with Crippen molar-refractivity contribution in [1.29, 1.82) is 0 Å². The molecule has 0 aromatic heterocycles. The van der Waals surface area contributed by atoms with E-state index in [1.807, 2.05) is 0 Å². The minimum Gasteiger partial charge on any atom is -0.379 e. The molecule has 1 aliphatic heterocycles. The van der Waals surface area contributed by atoms with Crippen LogP contribution in [0.15, 0.2) is 0 Å². The molecule has 20 heavy (non-hydrogen) atoms. The first-order valence-corrected chi connectivity index (χ1v) is 8.99. The van der Waals surface area contributed by atoms with E-state index < -0.39 is 15.4 Å². The Morgan fingerprint density at radius 3 is 2.45 bits per heavy atom. The number of sulfonamides is 1. The van der Waals surface area contributed by atoms with E-state index in [0.29, 0.717) is 38.6 Å². The van der Waals surface area contributed by atoms with Gasteiger partial charge in [-0.15, -0.1) is 0 Å². The molecule has 2 atom stereocenters. The molecule has 5 nitrogen and oxygen atoms in total. The highest BCUT2D eigenvalue weighted by Crippen LogP contribution is 2.64. The summed E-state index contributed by atoms with van der Waals surface area (Å²) in [6.45, 7) is 5.88. The maximum absolute atomic E-state index is 12.7. The molecule has 2 saturated carbocycles.